The Bertz CT molecular complexity index is 597. The van der Waals surface area contributed by atoms with Crippen LogP contribution >= 0.6 is 10.7 Å². The molecule has 0 aliphatic rings. The van der Waals surface area contributed by atoms with Crippen LogP contribution in [0, 0.1) is 11.6 Å². The van der Waals surface area contributed by atoms with Crippen LogP contribution in [-0.2, 0) is 13.8 Å². The summed E-state index contributed by atoms with van der Waals surface area (Å²) in [6.45, 7) is 2.03. The second kappa shape index (κ2) is 7.70. The summed E-state index contributed by atoms with van der Waals surface area (Å²) < 4.78 is 49.4. The predicted molar refractivity (Wildman–Crippen MR) is 76.8 cm³/mol. The number of unbranched alkanes of at least 4 members (excludes halogenated alkanes) is 3. The fourth-order valence-electron chi connectivity index (χ4n) is 1.72. The zero-order valence-electron chi connectivity index (χ0n) is 11.5. The minimum Gasteiger partial charge on any atom is -0.321 e. The molecule has 0 aliphatic heterocycles. The number of rotatable bonds is 7. The summed E-state index contributed by atoms with van der Waals surface area (Å²) in [5.74, 6) is -2.89. The molecule has 0 unspecified atom stereocenters. The van der Waals surface area contributed by atoms with Crippen LogP contribution in [0.2, 0.25) is 0 Å². The largest absolute Gasteiger partial charge is 0.321 e. The highest BCUT2D eigenvalue weighted by atomic mass is 35.7. The van der Waals surface area contributed by atoms with E-state index in [2.05, 4.69) is 5.32 Å². The summed E-state index contributed by atoms with van der Waals surface area (Å²) >= 11 is 0. The first-order chi connectivity index (χ1) is 9.75. The van der Waals surface area contributed by atoms with Gasteiger partial charge in [-0.25, -0.2) is 17.2 Å². The lowest BCUT2D eigenvalue weighted by atomic mass is 10.1. The van der Waals surface area contributed by atoms with Crippen LogP contribution < -0.4 is 5.32 Å². The lowest BCUT2D eigenvalue weighted by molar-refractivity contribution is -0.116. The molecule has 4 nitrogen and oxygen atoms in total. The Kier molecular flexibility index (Phi) is 6.54. The Morgan fingerprint density at radius 2 is 1.76 bits per heavy atom. The van der Waals surface area contributed by atoms with Gasteiger partial charge in [0.1, 0.15) is 5.69 Å². The van der Waals surface area contributed by atoms with Crippen molar-refractivity contribution in [1.29, 1.82) is 0 Å². The molecular weight excluding hydrogens is 324 g/mol. The smallest absolute Gasteiger partial charge is 0.261 e. The molecule has 1 N–H and O–H groups in total. The number of hydrogen-bond donors (Lipinski definition) is 1. The SMILES string of the molecule is CCCCCCC(=O)Nc1c(F)cc(S(=O)(=O)Cl)cc1F. The van der Waals surface area contributed by atoms with E-state index in [1.54, 1.807) is 0 Å². The summed E-state index contributed by atoms with van der Waals surface area (Å²) in [5.41, 5.74) is -0.667. The topological polar surface area (TPSA) is 63.2 Å². The second-order valence-corrected chi connectivity index (χ2v) is 7.12. The Morgan fingerprint density at radius 1 is 1.19 bits per heavy atom. The molecule has 0 heterocycles. The molecule has 8 heteroatoms. The number of benzene rings is 1. The maximum atomic E-state index is 13.7. The van der Waals surface area contributed by atoms with E-state index in [9.17, 15) is 22.0 Å². The molecule has 0 atom stereocenters. The Labute approximate surface area is 126 Å². The molecule has 0 aliphatic carbocycles. The summed E-state index contributed by atoms with van der Waals surface area (Å²) in [6, 6.07) is 1.14. The summed E-state index contributed by atoms with van der Waals surface area (Å²) in [5, 5.41) is 2.11. The summed E-state index contributed by atoms with van der Waals surface area (Å²) in [4.78, 5) is 10.9. The molecule has 21 heavy (non-hydrogen) atoms. The number of anilines is 1. The van der Waals surface area contributed by atoms with Gasteiger partial charge in [-0.15, -0.1) is 0 Å². The van der Waals surface area contributed by atoms with Gasteiger partial charge in [0.25, 0.3) is 9.05 Å². The van der Waals surface area contributed by atoms with Crippen LogP contribution in [0.15, 0.2) is 17.0 Å². The highest BCUT2D eigenvalue weighted by molar-refractivity contribution is 8.13. The molecule has 1 amide bonds. The number of carbonyl (C=O) groups is 1. The van der Waals surface area contributed by atoms with Gasteiger partial charge < -0.3 is 5.32 Å². The molecule has 1 rings (SSSR count). The first-order valence-corrected chi connectivity index (χ1v) is 8.80. The molecule has 0 saturated carbocycles. The van der Waals surface area contributed by atoms with Crippen LogP contribution in [-0.4, -0.2) is 14.3 Å². The average molecular weight is 340 g/mol. The van der Waals surface area contributed by atoms with Crippen LogP contribution in [0.5, 0.6) is 0 Å². The molecule has 1 aromatic carbocycles. The zero-order chi connectivity index (χ0) is 16.0. The number of hydrogen-bond acceptors (Lipinski definition) is 3. The van der Waals surface area contributed by atoms with Crippen molar-refractivity contribution in [3.63, 3.8) is 0 Å². The molecular formula is C13H16ClF2NO3S. The Hall–Kier alpha value is -1.21. The van der Waals surface area contributed by atoms with Crippen molar-refractivity contribution in [3.05, 3.63) is 23.8 Å². The van der Waals surface area contributed by atoms with Gasteiger partial charge in [0.2, 0.25) is 5.91 Å². The van der Waals surface area contributed by atoms with E-state index in [0.717, 1.165) is 19.3 Å². The van der Waals surface area contributed by atoms with Gasteiger partial charge in [0.05, 0.1) is 4.90 Å². The van der Waals surface area contributed by atoms with Crippen LogP contribution in [0.1, 0.15) is 39.0 Å². The molecule has 0 fully saturated rings. The number of amides is 1. The van der Waals surface area contributed by atoms with Crippen molar-refractivity contribution in [2.24, 2.45) is 0 Å². The van der Waals surface area contributed by atoms with Gasteiger partial charge in [0.15, 0.2) is 11.6 Å². The molecule has 0 spiro atoms. The standard InChI is InChI=1S/C13H16ClF2NO3S/c1-2-3-4-5-6-12(18)17-13-10(15)7-9(8-11(13)16)21(14,19)20/h7-8H,2-6H2,1H3,(H,17,18). The number of halogens is 3. The third kappa shape index (κ3) is 5.59. The first-order valence-electron chi connectivity index (χ1n) is 6.49. The number of carbonyl (C=O) groups excluding carboxylic acids is 1. The molecule has 0 aromatic heterocycles. The lowest BCUT2D eigenvalue weighted by Gasteiger charge is -2.08. The average Bonchev–Trinajstić information content (AvgIpc) is 2.37. The van der Waals surface area contributed by atoms with E-state index in [-0.39, 0.29) is 6.42 Å². The van der Waals surface area contributed by atoms with Crippen molar-refractivity contribution < 1.29 is 22.0 Å². The fourth-order valence-corrected chi connectivity index (χ4v) is 2.48. The third-order valence-corrected chi connectivity index (χ3v) is 4.15. The molecule has 118 valence electrons. The first kappa shape index (κ1) is 17.8. The van der Waals surface area contributed by atoms with E-state index in [1.165, 1.54) is 0 Å². The monoisotopic (exact) mass is 339 g/mol. The van der Waals surface area contributed by atoms with Gasteiger partial charge in [-0.1, -0.05) is 26.2 Å². The Morgan fingerprint density at radius 3 is 2.24 bits per heavy atom. The van der Waals surface area contributed by atoms with Crippen LogP contribution in [0.25, 0.3) is 0 Å². The van der Waals surface area contributed by atoms with Gasteiger partial charge in [-0.05, 0) is 18.6 Å². The van der Waals surface area contributed by atoms with E-state index in [0.29, 0.717) is 18.6 Å². The zero-order valence-corrected chi connectivity index (χ0v) is 13.0. The van der Waals surface area contributed by atoms with Gasteiger partial charge in [0, 0.05) is 17.1 Å². The number of nitrogens with one attached hydrogen (secondary N) is 1. The Balaban J connectivity index is 2.78. The van der Waals surface area contributed by atoms with Crippen molar-refractivity contribution in [2.45, 2.75) is 43.9 Å². The van der Waals surface area contributed by atoms with Crippen molar-refractivity contribution in [2.75, 3.05) is 5.32 Å². The lowest BCUT2D eigenvalue weighted by Crippen LogP contribution is -2.14. The normalized spacial score (nSPS) is 11.4. The van der Waals surface area contributed by atoms with Gasteiger partial charge in [-0.2, -0.15) is 0 Å². The van der Waals surface area contributed by atoms with E-state index in [4.69, 9.17) is 10.7 Å². The van der Waals surface area contributed by atoms with E-state index in [1.807, 2.05) is 6.92 Å². The third-order valence-electron chi connectivity index (χ3n) is 2.82. The maximum Gasteiger partial charge on any atom is 0.261 e. The molecule has 0 saturated heterocycles. The predicted octanol–water partition coefficient (Wildman–Crippen LogP) is 3.80. The van der Waals surface area contributed by atoms with Crippen LogP contribution in [0.3, 0.4) is 0 Å². The van der Waals surface area contributed by atoms with Crippen LogP contribution in [0.4, 0.5) is 14.5 Å². The highest BCUT2D eigenvalue weighted by Gasteiger charge is 2.19. The van der Waals surface area contributed by atoms with E-state index < -0.39 is 37.2 Å². The molecule has 0 radical (unpaired) electrons. The quantitative estimate of drug-likeness (QED) is 0.607. The van der Waals surface area contributed by atoms with Crippen molar-refractivity contribution in [3.8, 4) is 0 Å². The van der Waals surface area contributed by atoms with Crippen molar-refractivity contribution >= 4 is 31.3 Å². The maximum absolute atomic E-state index is 13.7. The summed E-state index contributed by atoms with van der Waals surface area (Å²) in [7, 11) is 0.776. The molecule has 0 bridgehead atoms. The minimum atomic E-state index is -4.23. The highest BCUT2D eigenvalue weighted by Crippen LogP contribution is 2.25. The second-order valence-electron chi connectivity index (χ2n) is 4.56. The van der Waals surface area contributed by atoms with E-state index >= 15 is 0 Å². The fraction of sp³-hybridized carbons (Fsp3) is 0.462. The van der Waals surface area contributed by atoms with Gasteiger partial charge >= 0.3 is 0 Å². The minimum absolute atomic E-state index is 0.147. The van der Waals surface area contributed by atoms with Gasteiger partial charge in [-0.3, -0.25) is 4.79 Å². The summed E-state index contributed by atoms with van der Waals surface area (Å²) in [6.07, 6.45) is 3.63. The molecule has 1 aromatic rings. The van der Waals surface area contributed by atoms with Crippen molar-refractivity contribution in [1.82, 2.24) is 0 Å².